The maximum Gasteiger partial charge on any atom is 0.332 e. The zero-order chi connectivity index (χ0) is 5.15. The van der Waals surface area contributed by atoms with Gasteiger partial charge in [-0.2, -0.15) is 0 Å². The van der Waals surface area contributed by atoms with E-state index in [1.54, 1.807) is 0 Å². The number of hydrogen-bond acceptors (Lipinski definition) is 2. The zero-order valence-electron chi connectivity index (χ0n) is 4.38. The zero-order valence-corrected chi connectivity index (χ0v) is 12.6. The fourth-order valence-electron chi connectivity index (χ4n) is 0. The second-order valence-corrected chi connectivity index (χ2v) is 1.01. The number of carboxylic acids is 1. The van der Waals surface area contributed by atoms with E-state index in [4.69, 9.17) is 10.2 Å². The van der Waals surface area contributed by atoms with Crippen LogP contribution in [0.25, 0.3) is 0 Å². The molecule has 0 aromatic rings. The van der Waals surface area contributed by atoms with Gasteiger partial charge >= 0.3 is 5.97 Å². The van der Waals surface area contributed by atoms with Crippen molar-refractivity contribution in [2.45, 2.75) is 13.0 Å². The van der Waals surface area contributed by atoms with Crippen molar-refractivity contribution in [2.75, 3.05) is 0 Å². The van der Waals surface area contributed by atoms with Gasteiger partial charge in [0.1, 0.15) is 6.10 Å². The van der Waals surface area contributed by atoms with Crippen LogP contribution in [-0.2, 0) is 4.79 Å². The minimum atomic E-state index is -1.23. The third-order valence-corrected chi connectivity index (χ3v) is 0.357. The van der Waals surface area contributed by atoms with Gasteiger partial charge in [-0.05, 0) is 6.92 Å². The van der Waals surface area contributed by atoms with Crippen molar-refractivity contribution in [1.82, 2.24) is 0 Å². The Labute approximate surface area is 82.7 Å². The molecule has 0 aliphatic heterocycles. The number of aliphatic carboxylic acids is 1. The molecular weight excluding hydrogens is 307 g/mol. The van der Waals surface area contributed by atoms with Gasteiger partial charge in [-0.3, -0.25) is 0 Å². The normalized spacial score (nSPS) is 11.7. The first-order valence-corrected chi connectivity index (χ1v) is 1.55. The van der Waals surface area contributed by atoms with Crippen molar-refractivity contribution in [3.05, 3.63) is 0 Å². The van der Waals surface area contributed by atoms with Crippen LogP contribution in [0, 0.1) is 49.9 Å². The standard InChI is InChI=1S/C3H6O3.Fr/c1-2(4)3(5)6;/h2,4H,1H3,(H,5,6);. The third kappa shape index (κ3) is 7.03. The molecular formula is C3H6FrO3. The Kier molecular flexibility index (Phi) is 8.06. The van der Waals surface area contributed by atoms with Gasteiger partial charge in [-0.25, -0.2) is 4.79 Å². The average molecular weight is 313 g/mol. The summed E-state index contributed by atoms with van der Waals surface area (Å²) >= 11 is 0. The summed E-state index contributed by atoms with van der Waals surface area (Å²) in [6.45, 7) is 1.20. The fourth-order valence-corrected chi connectivity index (χ4v) is 0. The Bertz CT molecular complexity index is 61.2. The largest absolute Gasteiger partial charge is 0.479 e. The average Bonchev–Trinajstić information content (AvgIpc) is 1.36. The first-order chi connectivity index (χ1) is 2.64. The molecule has 1 radical (unpaired) electrons. The predicted octanol–water partition coefficient (Wildman–Crippen LogP) is -0.548. The summed E-state index contributed by atoms with van der Waals surface area (Å²) in [4.78, 5) is 9.45. The second kappa shape index (κ2) is 5.17. The maximum absolute atomic E-state index is 9.45. The molecule has 0 aliphatic rings. The number of rotatable bonds is 1. The molecule has 0 aromatic heterocycles. The molecule has 0 fully saturated rings. The minimum Gasteiger partial charge on any atom is -0.479 e. The summed E-state index contributed by atoms with van der Waals surface area (Å²) in [5.74, 6) is -1.19. The van der Waals surface area contributed by atoms with Gasteiger partial charge in [0.15, 0.2) is 0 Å². The Morgan fingerprint density at radius 3 is 1.86 bits per heavy atom. The van der Waals surface area contributed by atoms with Crippen molar-refractivity contribution < 1.29 is 64.9 Å². The SMILES string of the molecule is CC(O)C(=O)O.[Fr]. The van der Waals surface area contributed by atoms with E-state index in [9.17, 15) is 4.79 Å². The Morgan fingerprint density at radius 2 is 1.86 bits per heavy atom. The van der Waals surface area contributed by atoms with Crippen LogP contribution in [0.2, 0.25) is 0 Å². The molecule has 0 aromatic carbocycles. The van der Waals surface area contributed by atoms with E-state index in [-0.39, 0.29) is 49.9 Å². The Hall–Kier alpha value is 1.03. The van der Waals surface area contributed by atoms with Gasteiger partial charge in [0.25, 0.3) is 0 Å². The van der Waals surface area contributed by atoms with Crippen LogP contribution in [0.15, 0.2) is 0 Å². The molecule has 0 aliphatic carbocycles. The molecule has 1 atom stereocenters. The van der Waals surface area contributed by atoms with Crippen molar-refractivity contribution in [2.24, 2.45) is 0 Å². The summed E-state index contributed by atoms with van der Waals surface area (Å²) in [5, 5.41) is 15.8. The van der Waals surface area contributed by atoms with E-state index in [0.29, 0.717) is 0 Å². The van der Waals surface area contributed by atoms with Crippen LogP contribution in [0.1, 0.15) is 6.92 Å². The van der Waals surface area contributed by atoms with Crippen molar-refractivity contribution in [3.63, 3.8) is 0 Å². The summed E-state index contributed by atoms with van der Waals surface area (Å²) in [6.07, 6.45) is -1.23. The molecule has 0 saturated heterocycles. The van der Waals surface area contributed by atoms with Crippen LogP contribution in [0.4, 0.5) is 0 Å². The fraction of sp³-hybridized carbons (Fsp3) is 0.667. The summed E-state index contributed by atoms with van der Waals surface area (Å²) in [7, 11) is 0. The number of carbonyl (C=O) groups is 1. The van der Waals surface area contributed by atoms with Gasteiger partial charge in [0.2, 0.25) is 0 Å². The van der Waals surface area contributed by atoms with Gasteiger partial charge in [-0.1, -0.05) is 0 Å². The molecule has 1 unspecified atom stereocenters. The van der Waals surface area contributed by atoms with E-state index in [0.717, 1.165) is 0 Å². The van der Waals surface area contributed by atoms with Gasteiger partial charge in [-0.15, -0.1) is 0 Å². The van der Waals surface area contributed by atoms with E-state index >= 15 is 0 Å². The predicted molar refractivity (Wildman–Crippen MR) is 19.3 cm³/mol. The summed E-state index contributed by atoms with van der Waals surface area (Å²) in [5.41, 5.74) is 0. The van der Waals surface area contributed by atoms with E-state index in [1.807, 2.05) is 0 Å². The Morgan fingerprint density at radius 1 is 1.71 bits per heavy atom. The molecule has 0 rings (SSSR count). The van der Waals surface area contributed by atoms with Crippen molar-refractivity contribution in [3.8, 4) is 0 Å². The number of aliphatic hydroxyl groups excluding tert-OH is 1. The Balaban J connectivity index is 0. The second-order valence-electron chi connectivity index (χ2n) is 1.01. The minimum absolute atomic E-state index is 0. The first kappa shape index (κ1) is 10.9. The van der Waals surface area contributed by atoms with Gasteiger partial charge in [0, 0.05) is 49.9 Å². The molecule has 3 nitrogen and oxygen atoms in total. The van der Waals surface area contributed by atoms with Crippen LogP contribution >= 0.6 is 0 Å². The molecule has 7 heavy (non-hydrogen) atoms. The van der Waals surface area contributed by atoms with Crippen molar-refractivity contribution in [1.29, 1.82) is 0 Å². The number of carboxylic acid groups (broad SMARTS) is 1. The summed E-state index contributed by atoms with van der Waals surface area (Å²) < 4.78 is 0. The summed E-state index contributed by atoms with van der Waals surface area (Å²) in [6, 6.07) is 0. The number of hydrogen-bond donors (Lipinski definition) is 2. The van der Waals surface area contributed by atoms with Crippen LogP contribution in [-0.4, -0.2) is 22.3 Å². The molecule has 0 spiro atoms. The van der Waals surface area contributed by atoms with E-state index in [2.05, 4.69) is 0 Å². The van der Waals surface area contributed by atoms with E-state index < -0.39 is 12.1 Å². The van der Waals surface area contributed by atoms with Crippen LogP contribution in [0.5, 0.6) is 0 Å². The number of aliphatic hydroxyl groups is 1. The molecule has 0 saturated carbocycles. The molecule has 37 valence electrons. The van der Waals surface area contributed by atoms with Gasteiger partial charge in [0.05, 0.1) is 0 Å². The molecule has 0 heterocycles. The third-order valence-electron chi connectivity index (χ3n) is 0.357. The van der Waals surface area contributed by atoms with Crippen LogP contribution in [0.3, 0.4) is 0 Å². The molecule has 0 amide bonds. The maximum atomic E-state index is 9.45. The molecule has 0 bridgehead atoms. The molecule has 2 N–H and O–H groups in total. The van der Waals surface area contributed by atoms with Gasteiger partial charge < -0.3 is 10.2 Å². The topological polar surface area (TPSA) is 57.5 Å². The first-order valence-electron chi connectivity index (χ1n) is 1.55. The van der Waals surface area contributed by atoms with Crippen LogP contribution < -0.4 is 0 Å². The smallest absolute Gasteiger partial charge is 0.332 e. The molecule has 4 heteroatoms. The monoisotopic (exact) mass is 313 g/mol. The quantitative estimate of drug-likeness (QED) is 0.683. The van der Waals surface area contributed by atoms with E-state index in [1.165, 1.54) is 6.92 Å². The van der Waals surface area contributed by atoms with Crippen molar-refractivity contribution >= 4 is 5.97 Å².